The van der Waals surface area contributed by atoms with Crippen molar-refractivity contribution in [3.05, 3.63) is 50.2 Å². The van der Waals surface area contributed by atoms with Crippen LogP contribution in [0.15, 0.2) is 28.9 Å². The third-order valence-corrected chi connectivity index (χ3v) is 3.03. The molecule has 1 N–H and O–H groups in total. The lowest BCUT2D eigenvalue weighted by atomic mass is 10.2. The van der Waals surface area contributed by atoms with Gasteiger partial charge < -0.3 is 5.11 Å². The Morgan fingerprint density at radius 1 is 1.53 bits per heavy atom. The van der Waals surface area contributed by atoms with E-state index in [1.165, 1.54) is 23.0 Å². The fourth-order valence-electron chi connectivity index (χ4n) is 1.64. The maximum Gasteiger partial charge on any atom is 0.356 e. The Kier molecular flexibility index (Phi) is 3.34. The van der Waals surface area contributed by atoms with E-state index < -0.39 is 10.9 Å². The summed E-state index contributed by atoms with van der Waals surface area (Å²) in [5.41, 5.74) is 0.588. The summed E-state index contributed by atoms with van der Waals surface area (Å²) in [4.78, 5) is 21.3. The predicted octanol–water partition coefficient (Wildman–Crippen LogP) is 2.55. The van der Waals surface area contributed by atoms with Crippen LogP contribution in [-0.2, 0) is 0 Å². The molecule has 19 heavy (non-hydrogen) atoms. The maximum atomic E-state index is 11.1. The Bertz CT molecular complexity index is 681. The van der Waals surface area contributed by atoms with Gasteiger partial charge in [0.05, 0.1) is 9.40 Å². The molecule has 0 saturated heterocycles. The molecule has 0 saturated carbocycles. The first kappa shape index (κ1) is 13.2. The van der Waals surface area contributed by atoms with E-state index in [0.29, 0.717) is 10.0 Å². The molecule has 0 aliphatic rings. The van der Waals surface area contributed by atoms with E-state index in [0.717, 1.165) is 0 Å². The molecule has 2 rings (SSSR count). The Morgan fingerprint density at radius 2 is 2.21 bits per heavy atom. The number of carbonyl (C=O) groups is 1. The van der Waals surface area contributed by atoms with Crippen LogP contribution in [0.1, 0.15) is 16.1 Å². The second kappa shape index (κ2) is 4.81. The third-order valence-electron chi connectivity index (χ3n) is 2.42. The van der Waals surface area contributed by atoms with Crippen molar-refractivity contribution in [2.24, 2.45) is 0 Å². The quantitative estimate of drug-likeness (QED) is 0.690. The molecule has 8 heteroatoms. The van der Waals surface area contributed by atoms with Gasteiger partial charge in [-0.05, 0) is 40.5 Å². The number of halogens is 1. The smallest absolute Gasteiger partial charge is 0.356 e. The first-order valence-corrected chi connectivity index (χ1v) is 5.93. The van der Waals surface area contributed by atoms with Gasteiger partial charge in [0, 0.05) is 12.3 Å². The van der Waals surface area contributed by atoms with Crippen molar-refractivity contribution >= 4 is 27.6 Å². The number of carboxylic acids is 1. The minimum absolute atomic E-state index is 0.146. The molecule has 0 atom stereocenters. The second-order valence-corrected chi connectivity index (χ2v) is 4.68. The van der Waals surface area contributed by atoms with Crippen LogP contribution in [-0.4, -0.2) is 25.8 Å². The molecule has 1 aromatic heterocycles. The van der Waals surface area contributed by atoms with Crippen LogP contribution in [0, 0.1) is 17.0 Å². The van der Waals surface area contributed by atoms with E-state index in [9.17, 15) is 14.9 Å². The zero-order valence-electron chi connectivity index (χ0n) is 9.70. The molecule has 0 radical (unpaired) electrons. The van der Waals surface area contributed by atoms with E-state index in [1.54, 1.807) is 13.0 Å². The first-order valence-electron chi connectivity index (χ1n) is 5.14. The maximum absolute atomic E-state index is 11.1. The fraction of sp³-hybridized carbons (Fsp3) is 0.0909. The van der Waals surface area contributed by atoms with Gasteiger partial charge in [-0.25, -0.2) is 9.48 Å². The summed E-state index contributed by atoms with van der Waals surface area (Å²) in [6.07, 6.45) is 1.37. The zero-order chi connectivity index (χ0) is 14.2. The number of hydrogen-bond acceptors (Lipinski definition) is 4. The molecule has 1 heterocycles. The topological polar surface area (TPSA) is 98.3 Å². The molecule has 1 aromatic carbocycles. The van der Waals surface area contributed by atoms with Crippen LogP contribution in [0.3, 0.4) is 0 Å². The fourth-order valence-corrected chi connectivity index (χ4v) is 2.39. The Balaban J connectivity index is 2.66. The highest BCUT2D eigenvalue weighted by atomic mass is 79.9. The molecule has 0 aliphatic heterocycles. The summed E-state index contributed by atoms with van der Waals surface area (Å²) in [6, 6.07) is 4.38. The number of benzene rings is 1. The number of carboxylic acid groups (broad SMARTS) is 1. The van der Waals surface area contributed by atoms with E-state index in [-0.39, 0.29) is 17.1 Å². The molecular weight excluding hydrogens is 318 g/mol. The summed E-state index contributed by atoms with van der Waals surface area (Å²) < 4.78 is 1.64. The largest absolute Gasteiger partial charge is 0.476 e. The Morgan fingerprint density at radius 3 is 2.74 bits per heavy atom. The summed E-state index contributed by atoms with van der Waals surface area (Å²) in [5, 5.41) is 23.7. The van der Waals surface area contributed by atoms with Crippen LogP contribution in [0.4, 0.5) is 5.69 Å². The monoisotopic (exact) mass is 325 g/mol. The molecule has 98 valence electrons. The van der Waals surface area contributed by atoms with Crippen molar-refractivity contribution in [1.29, 1.82) is 0 Å². The van der Waals surface area contributed by atoms with Gasteiger partial charge in [-0.15, -0.1) is 0 Å². The van der Waals surface area contributed by atoms with Crippen molar-refractivity contribution < 1.29 is 14.8 Å². The van der Waals surface area contributed by atoms with Gasteiger partial charge in [-0.3, -0.25) is 10.1 Å². The van der Waals surface area contributed by atoms with Crippen molar-refractivity contribution in [3.63, 3.8) is 0 Å². The van der Waals surface area contributed by atoms with E-state index >= 15 is 0 Å². The van der Waals surface area contributed by atoms with Gasteiger partial charge in [0.25, 0.3) is 5.69 Å². The van der Waals surface area contributed by atoms with Gasteiger partial charge in [0.2, 0.25) is 0 Å². The molecule has 0 amide bonds. The molecule has 2 aromatic rings. The number of nitrogens with zero attached hydrogens (tertiary/aromatic N) is 3. The third kappa shape index (κ3) is 2.48. The molecular formula is C11H8BrN3O4. The highest BCUT2D eigenvalue weighted by Gasteiger charge is 2.21. The Labute approximate surface area is 115 Å². The summed E-state index contributed by atoms with van der Waals surface area (Å²) in [7, 11) is 0. The number of aryl methyl sites for hydroxylation is 1. The van der Waals surface area contributed by atoms with Crippen molar-refractivity contribution in [2.75, 3.05) is 0 Å². The molecule has 0 unspecified atom stereocenters. The molecule has 0 aliphatic carbocycles. The van der Waals surface area contributed by atoms with Gasteiger partial charge in [0.15, 0.2) is 11.4 Å². The van der Waals surface area contributed by atoms with E-state index in [2.05, 4.69) is 21.0 Å². The average Bonchev–Trinajstić information content (AvgIpc) is 2.76. The highest BCUT2D eigenvalue weighted by molar-refractivity contribution is 9.10. The lowest BCUT2D eigenvalue weighted by Crippen LogP contribution is -2.05. The van der Waals surface area contributed by atoms with Crippen LogP contribution in [0.2, 0.25) is 0 Å². The lowest BCUT2D eigenvalue weighted by molar-refractivity contribution is -0.384. The van der Waals surface area contributed by atoms with Crippen LogP contribution >= 0.6 is 15.9 Å². The first-order chi connectivity index (χ1) is 8.90. The van der Waals surface area contributed by atoms with Gasteiger partial charge in [-0.1, -0.05) is 0 Å². The van der Waals surface area contributed by atoms with Crippen LogP contribution < -0.4 is 0 Å². The second-order valence-electron chi connectivity index (χ2n) is 3.82. The summed E-state index contributed by atoms with van der Waals surface area (Å²) in [5.74, 6) is -1.19. The minimum atomic E-state index is -1.19. The van der Waals surface area contributed by atoms with Crippen LogP contribution in [0.25, 0.3) is 5.69 Å². The number of aromatic nitrogens is 2. The average molecular weight is 326 g/mol. The van der Waals surface area contributed by atoms with Gasteiger partial charge >= 0.3 is 5.97 Å². The van der Waals surface area contributed by atoms with E-state index in [4.69, 9.17) is 5.11 Å². The number of nitro groups is 1. The summed E-state index contributed by atoms with van der Waals surface area (Å²) in [6.45, 7) is 1.73. The zero-order valence-corrected chi connectivity index (χ0v) is 11.3. The number of aromatic carboxylic acids is 1. The molecule has 7 nitrogen and oxygen atoms in total. The number of rotatable bonds is 3. The van der Waals surface area contributed by atoms with E-state index in [1.807, 2.05) is 0 Å². The lowest BCUT2D eigenvalue weighted by Gasteiger charge is -2.06. The van der Waals surface area contributed by atoms with Crippen LogP contribution in [0.5, 0.6) is 0 Å². The molecule has 0 fully saturated rings. The Hall–Kier alpha value is -2.22. The number of nitro benzene ring substituents is 1. The molecule has 0 spiro atoms. The standard InChI is InChI=1S/C11H8BrN3O4/c1-6-4-7(12)10(9(5-6)15(18)19)14-3-2-8(13-14)11(16)17/h2-5H,1H3,(H,16,17). The van der Waals surface area contributed by atoms with Crippen molar-refractivity contribution in [2.45, 2.75) is 6.92 Å². The normalized spacial score (nSPS) is 10.4. The molecule has 0 bridgehead atoms. The number of hydrogen-bond donors (Lipinski definition) is 1. The summed E-state index contributed by atoms with van der Waals surface area (Å²) >= 11 is 3.24. The van der Waals surface area contributed by atoms with Gasteiger partial charge in [0.1, 0.15) is 0 Å². The van der Waals surface area contributed by atoms with Crippen molar-refractivity contribution in [3.8, 4) is 5.69 Å². The van der Waals surface area contributed by atoms with Gasteiger partial charge in [-0.2, -0.15) is 5.10 Å². The van der Waals surface area contributed by atoms with Crippen molar-refractivity contribution in [1.82, 2.24) is 9.78 Å². The predicted molar refractivity (Wildman–Crippen MR) is 69.6 cm³/mol. The minimum Gasteiger partial charge on any atom is -0.476 e. The SMILES string of the molecule is Cc1cc(Br)c(-n2ccc(C(=O)O)n2)c([N+](=O)[O-])c1. The highest BCUT2D eigenvalue weighted by Crippen LogP contribution is 2.31.